The van der Waals surface area contributed by atoms with E-state index in [1.807, 2.05) is 11.8 Å². The summed E-state index contributed by atoms with van der Waals surface area (Å²) in [6.45, 7) is 3.48. The number of hydrogen-bond acceptors (Lipinski definition) is 3. The van der Waals surface area contributed by atoms with Crippen LogP contribution in [0.15, 0.2) is 16.8 Å². The van der Waals surface area contributed by atoms with Crippen LogP contribution in [0.4, 0.5) is 0 Å². The smallest absolute Gasteiger partial charge is 0.0193 e. The van der Waals surface area contributed by atoms with Gasteiger partial charge in [-0.05, 0) is 48.1 Å². The fourth-order valence-corrected chi connectivity index (χ4v) is 3.28. The van der Waals surface area contributed by atoms with Gasteiger partial charge in [0.2, 0.25) is 0 Å². The molecule has 1 aromatic heterocycles. The van der Waals surface area contributed by atoms with E-state index in [0.29, 0.717) is 0 Å². The lowest BCUT2D eigenvalue weighted by molar-refractivity contribution is 0.514. The van der Waals surface area contributed by atoms with Crippen LogP contribution in [-0.4, -0.2) is 18.3 Å². The van der Waals surface area contributed by atoms with Gasteiger partial charge in [-0.25, -0.2) is 0 Å². The molecule has 0 aromatic carbocycles. The third kappa shape index (κ3) is 4.17. The Morgan fingerprint density at radius 3 is 3.13 bits per heavy atom. The Balaban J connectivity index is 1.48. The lowest BCUT2D eigenvalue weighted by atomic mass is 10.2. The van der Waals surface area contributed by atoms with E-state index in [4.69, 9.17) is 0 Å². The molecule has 0 radical (unpaired) electrons. The van der Waals surface area contributed by atoms with Crippen molar-refractivity contribution in [2.45, 2.75) is 31.6 Å². The molecule has 2 rings (SSSR count). The molecular formula is C12H19NS2. The Morgan fingerprint density at radius 1 is 1.60 bits per heavy atom. The molecular weight excluding hydrogens is 222 g/mol. The molecule has 1 unspecified atom stereocenters. The largest absolute Gasteiger partial charge is 0.313 e. The zero-order valence-electron chi connectivity index (χ0n) is 9.24. The second kappa shape index (κ2) is 5.92. The van der Waals surface area contributed by atoms with Crippen LogP contribution in [0.5, 0.6) is 0 Å². The van der Waals surface area contributed by atoms with Crippen molar-refractivity contribution in [1.82, 2.24) is 5.32 Å². The highest BCUT2D eigenvalue weighted by atomic mass is 32.2. The summed E-state index contributed by atoms with van der Waals surface area (Å²) in [4.78, 5) is 0. The van der Waals surface area contributed by atoms with Crippen LogP contribution in [0.3, 0.4) is 0 Å². The highest BCUT2D eigenvalue weighted by molar-refractivity contribution is 7.98. The van der Waals surface area contributed by atoms with Crippen molar-refractivity contribution < 1.29 is 0 Å². The van der Waals surface area contributed by atoms with Gasteiger partial charge in [-0.15, -0.1) is 0 Å². The van der Waals surface area contributed by atoms with Gasteiger partial charge in [-0.3, -0.25) is 0 Å². The van der Waals surface area contributed by atoms with Crippen LogP contribution in [-0.2, 0) is 5.75 Å². The first-order valence-electron chi connectivity index (χ1n) is 5.68. The molecule has 1 fully saturated rings. The van der Waals surface area contributed by atoms with Gasteiger partial charge < -0.3 is 5.32 Å². The number of thioether (sulfide) groups is 1. The predicted molar refractivity (Wildman–Crippen MR) is 70.7 cm³/mol. The van der Waals surface area contributed by atoms with Crippen LogP contribution < -0.4 is 5.32 Å². The van der Waals surface area contributed by atoms with E-state index in [9.17, 15) is 0 Å². The zero-order valence-corrected chi connectivity index (χ0v) is 10.9. The molecule has 1 nitrogen and oxygen atoms in total. The predicted octanol–water partition coefficient (Wildman–Crippen LogP) is 3.37. The molecule has 1 aromatic rings. The van der Waals surface area contributed by atoms with Gasteiger partial charge in [0.15, 0.2) is 0 Å². The standard InChI is InChI=1S/C12H19NS2/c1-10(12-2-3-12)13-5-7-15-9-11-4-6-14-8-11/h4,6,8,10,12-13H,2-3,5,7,9H2,1H3. The summed E-state index contributed by atoms with van der Waals surface area (Å²) in [5, 5.41) is 8.01. The molecule has 84 valence electrons. The molecule has 0 saturated heterocycles. The molecule has 0 bridgehead atoms. The Hall–Kier alpha value is 0.01000. The molecule has 0 spiro atoms. The van der Waals surface area contributed by atoms with E-state index in [1.54, 1.807) is 11.3 Å². The number of rotatable bonds is 7. The number of hydrogen-bond donors (Lipinski definition) is 1. The molecule has 15 heavy (non-hydrogen) atoms. The third-order valence-electron chi connectivity index (χ3n) is 2.89. The van der Waals surface area contributed by atoms with Crippen LogP contribution in [0.1, 0.15) is 25.3 Å². The summed E-state index contributed by atoms with van der Waals surface area (Å²) < 4.78 is 0. The Bertz CT molecular complexity index is 267. The number of nitrogens with one attached hydrogen (secondary N) is 1. The van der Waals surface area contributed by atoms with E-state index >= 15 is 0 Å². The SMILES string of the molecule is CC(NCCSCc1ccsc1)C1CC1. The van der Waals surface area contributed by atoms with Crippen LogP contribution in [0.25, 0.3) is 0 Å². The van der Waals surface area contributed by atoms with E-state index in [2.05, 4.69) is 29.1 Å². The lowest BCUT2D eigenvalue weighted by Crippen LogP contribution is -2.29. The fourth-order valence-electron chi connectivity index (χ4n) is 1.69. The minimum atomic E-state index is 0.742. The monoisotopic (exact) mass is 241 g/mol. The molecule has 1 N–H and O–H groups in total. The maximum atomic E-state index is 3.61. The Labute approximate surface area is 101 Å². The summed E-state index contributed by atoms with van der Waals surface area (Å²) in [5.74, 6) is 3.38. The van der Waals surface area contributed by atoms with Crippen molar-refractivity contribution in [3.05, 3.63) is 22.4 Å². The van der Waals surface area contributed by atoms with Crippen LogP contribution in [0.2, 0.25) is 0 Å². The number of thiophene rings is 1. The molecule has 1 aliphatic carbocycles. The topological polar surface area (TPSA) is 12.0 Å². The van der Waals surface area contributed by atoms with Gasteiger partial charge in [0.05, 0.1) is 0 Å². The highest BCUT2D eigenvalue weighted by Crippen LogP contribution is 2.32. The van der Waals surface area contributed by atoms with Gasteiger partial charge in [0.1, 0.15) is 0 Å². The van der Waals surface area contributed by atoms with Crippen LogP contribution >= 0.6 is 23.1 Å². The summed E-state index contributed by atoms with van der Waals surface area (Å²) in [6, 6.07) is 2.96. The van der Waals surface area contributed by atoms with E-state index in [1.165, 1.54) is 29.9 Å². The van der Waals surface area contributed by atoms with Crippen molar-refractivity contribution in [2.75, 3.05) is 12.3 Å². The second-order valence-corrected chi connectivity index (χ2v) is 6.15. The second-order valence-electron chi connectivity index (χ2n) is 4.26. The highest BCUT2D eigenvalue weighted by Gasteiger charge is 2.26. The van der Waals surface area contributed by atoms with Gasteiger partial charge in [0, 0.05) is 24.1 Å². The molecule has 3 heteroatoms. The quantitative estimate of drug-likeness (QED) is 0.735. The van der Waals surface area contributed by atoms with Crippen molar-refractivity contribution >= 4 is 23.1 Å². The van der Waals surface area contributed by atoms with E-state index < -0.39 is 0 Å². The van der Waals surface area contributed by atoms with Gasteiger partial charge >= 0.3 is 0 Å². The van der Waals surface area contributed by atoms with Crippen molar-refractivity contribution in [2.24, 2.45) is 5.92 Å². The summed E-state index contributed by atoms with van der Waals surface area (Å²) in [7, 11) is 0. The lowest BCUT2D eigenvalue weighted by Gasteiger charge is -2.11. The first-order valence-corrected chi connectivity index (χ1v) is 7.78. The molecule has 1 heterocycles. The van der Waals surface area contributed by atoms with Crippen LogP contribution in [0, 0.1) is 5.92 Å². The minimum absolute atomic E-state index is 0.742. The van der Waals surface area contributed by atoms with Crippen molar-refractivity contribution in [1.29, 1.82) is 0 Å². The zero-order chi connectivity index (χ0) is 10.5. The molecule has 1 aliphatic rings. The first kappa shape index (κ1) is 11.5. The van der Waals surface area contributed by atoms with Crippen molar-refractivity contribution in [3.63, 3.8) is 0 Å². The average Bonchev–Trinajstić information content (AvgIpc) is 2.97. The summed E-state index contributed by atoms with van der Waals surface area (Å²) >= 11 is 3.82. The normalized spacial score (nSPS) is 17.9. The molecule has 1 saturated carbocycles. The van der Waals surface area contributed by atoms with E-state index in [-0.39, 0.29) is 0 Å². The Morgan fingerprint density at radius 2 is 2.47 bits per heavy atom. The minimum Gasteiger partial charge on any atom is -0.313 e. The van der Waals surface area contributed by atoms with Crippen molar-refractivity contribution in [3.8, 4) is 0 Å². The average molecular weight is 241 g/mol. The van der Waals surface area contributed by atoms with Gasteiger partial charge in [0.25, 0.3) is 0 Å². The summed E-state index contributed by atoms with van der Waals surface area (Å²) in [5.41, 5.74) is 1.47. The van der Waals surface area contributed by atoms with Gasteiger partial charge in [-0.2, -0.15) is 23.1 Å². The molecule has 1 atom stereocenters. The summed E-state index contributed by atoms with van der Waals surface area (Å²) in [6.07, 6.45) is 2.88. The molecule has 0 aliphatic heterocycles. The maximum absolute atomic E-state index is 3.61. The third-order valence-corrected chi connectivity index (χ3v) is 4.65. The Kier molecular flexibility index (Phi) is 4.54. The fraction of sp³-hybridized carbons (Fsp3) is 0.667. The van der Waals surface area contributed by atoms with Gasteiger partial charge in [-0.1, -0.05) is 0 Å². The maximum Gasteiger partial charge on any atom is 0.0193 e. The van der Waals surface area contributed by atoms with E-state index in [0.717, 1.165) is 18.5 Å². The first-order chi connectivity index (χ1) is 7.36. The molecule has 0 amide bonds.